The normalized spacial score (nSPS) is 15.8. The van der Waals surface area contributed by atoms with E-state index >= 15 is 0 Å². The van der Waals surface area contributed by atoms with Crippen LogP contribution in [-0.4, -0.2) is 38.6 Å². The molecule has 2 rings (SSSR count). The summed E-state index contributed by atoms with van der Waals surface area (Å²) >= 11 is 0. The maximum Gasteiger partial charge on any atom is 0.235 e. The van der Waals surface area contributed by atoms with Crippen LogP contribution in [0.2, 0.25) is 0 Å². The second-order valence-corrected chi connectivity index (χ2v) is 6.56. The van der Waals surface area contributed by atoms with Crippen molar-refractivity contribution in [3.05, 3.63) is 23.8 Å². The van der Waals surface area contributed by atoms with Gasteiger partial charge >= 0.3 is 0 Å². The Labute approximate surface area is 149 Å². The maximum atomic E-state index is 12.4. The van der Waals surface area contributed by atoms with Gasteiger partial charge in [-0.15, -0.1) is 0 Å². The number of amides is 2. The van der Waals surface area contributed by atoms with Crippen LogP contribution in [0.15, 0.2) is 18.2 Å². The van der Waals surface area contributed by atoms with Gasteiger partial charge in [-0.25, -0.2) is 0 Å². The number of hydrogen-bond donors (Lipinski definition) is 2. The molecule has 6 heteroatoms. The van der Waals surface area contributed by atoms with Crippen LogP contribution >= 0.6 is 0 Å². The largest absolute Gasteiger partial charge is 0.493 e. The van der Waals surface area contributed by atoms with Crippen LogP contribution in [0.4, 0.5) is 0 Å². The molecule has 138 valence electrons. The highest BCUT2D eigenvalue weighted by Crippen LogP contribution is 2.46. The Morgan fingerprint density at radius 3 is 2.40 bits per heavy atom. The molecule has 0 bridgehead atoms. The molecule has 1 fully saturated rings. The first-order chi connectivity index (χ1) is 12.0. The lowest BCUT2D eigenvalue weighted by Gasteiger charge is -2.18. The summed E-state index contributed by atoms with van der Waals surface area (Å²) in [4.78, 5) is 24.8. The average molecular weight is 348 g/mol. The minimum absolute atomic E-state index is 0.0875. The summed E-state index contributed by atoms with van der Waals surface area (Å²) < 4.78 is 10.5. The van der Waals surface area contributed by atoms with Crippen molar-refractivity contribution in [2.24, 2.45) is 5.41 Å². The molecular weight excluding hydrogens is 320 g/mol. The van der Waals surface area contributed by atoms with Gasteiger partial charge in [-0.1, -0.05) is 13.0 Å². The third kappa shape index (κ3) is 4.44. The van der Waals surface area contributed by atoms with Crippen LogP contribution in [0.5, 0.6) is 11.5 Å². The molecule has 0 spiro atoms. The molecule has 0 aliphatic heterocycles. The number of methoxy groups -OCH3 is 2. The summed E-state index contributed by atoms with van der Waals surface area (Å²) in [5.74, 6) is 1.02. The van der Waals surface area contributed by atoms with Crippen molar-refractivity contribution in [1.29, 1.82) is 0 Å². The van der Waals surface area contributed by atoms with E-state index in [1.807, 2.05) is 32.0 Å². The number of rotatable bonds is 9. The molecule has 2 N–H and O–H groups in total. The fourth-order valence-corrected chi connectivity index (χ4v) is 2.67. The van der Waals surface area contributed by atoms with E-state index in [9.17, 15) is 9.59 Å². The van der Waals surface area contributed by atoms with Crippen molar-refractivity contribution >= 4 is 11.8 Å². The van der Waals surface area contributed by atoms with E-state index in [2.05, 4.69) is 10.6 Å². The lowest BCUT2D eigenvalue weighted by Crippen LogP contribution is -2.46. The molecule has 1 saturated carbocycles. The molecule has 25 heavy (non-hydrogen) atoms. The first-order valence-corrected chi connectivity index (χ1v) is 8.77. The standard InChI is InChI=1S/C19H28N2O4/c1-5-13(2)21-18(23)19(9-10-19)17(22)20-11-8-14-6-7-15(24-3)16(12-14)25-4/h6-7,12-13H,5,8-11H2,1-4H3,(H,20,22)(H,21,23). The van der Waals surface area contributed by atoms with E-state index in [4.69, 9.17) is 9.47 Å². The van der Waals surface area contributed by atoms with Gasteiger partial charge in [0, 0.05) is 12.6 Å². The fraction of sp³-hybridized carbons (Fsp3) is 0.579. The first-order valence-electron chi connectivity index (χ1n) is 8.77. The molecular formula is C19H28N2O4. The Hall–Kier alpha value is -2.24. The molecule has 1 aromatic carbocycles. The second kappa shape index (κ2) is 8.23. The third-order valence-corrected chi connectivity index (χ3v) is 4.76. The van der Waals surface area contributed by atoms with Gasteiger partial charge in [0.2, 0.25) is 11.8 Å². The molecule has 0 aromatic heterocycles. The topological polar surface area (TPSA) is 76.7 Å². The Morgan fingerprint density at radius 1 is 1.16 bits per heavy atom. The van der Waals surface area contributed by atoms with Gasteiger partial charge in [0.05, 0.1) is 14.2 Å². The van der Waals surface area contributed by atoms with Crippen molar-refractivity contribution in [3.8, 4) is 11.5 Å². The molecule has 1 unspecified atom stereocenters. The van der Waals surface area contributed by atoms with E-state index < -0.39 is 5.41 Å². The SMILES string of the molecule is CCC(C)NC(=O)C1(C(=O)NCCc2ccc(OC)c(OC)c2)CC1. The molecule has 0 heterocycles. The zero-order chi connectivity index (χ0) is 18.4. The predicted molar refractivity (Wildman–Crippen MR) is 95.8 cm³/mol. The molecule has 1 aliphatic carbocycles. The Morgan fingerprint density at radius 2 is 1.84 bits per heavy atom. The Balaban J connectivity index is 1.87. The van der Waals surface area contributed by atoms with Gasteiger partial charge in [-0.2, -0.15) is 0 Å². The van der Waals surface area contributed by atoms with E-state index in [1.165, 1.54) is 0 Å². The number of hydrogen-bond acceptors (Lipinski definition) is 4. The Kier molecular flexibility index (Phi) is 6.28. The van der Waals surface area contributed by atoms with Crippen LogP contribution in [0.3, 0.4) is 0 Å². The molecule has 1 aromatic rings. The fourth-order valence-electron chi connectivity index (χ4n) is 2.67. The minimum Gasteiger partial charge on any atom is -0.493 e. The molecule has 6 nitrogen and oxygen atoms in total. The van der Waals surface area contributed by atoms with Crippen molar-refractivity contribution in [1.82, 2.24) is 10.6 Å². The van der Waals surface area contributed by atoms with Crippen molar-refractivity contribution in [2.45, 2.75) is 45.6 Å². The van der Waals surface area contributed by atoms with Crippen LogP contribution in [0.1, 0.15) is 38.7 Å². The monoisotopic (exact) mass is 348 g/mol. The number of carbonyl (C=O) groups excluding carboxylic acids is 2. The van der Waals surface area contributed by atoms with Crippen molar-refractivity contribution in [3.63, 3.8) is 0 Å². The molecule has 1 atom stereocenters. The maximum absolute atomic E-state index is 12.4. The number of nitrogens with one attached hydrogen (secondary N) is 2. The van der Waals surface area contributed by atoms with Crippen LogP contribution in [-0.2, 0) is 16.0 Å². The number of carbonyl (C=O) groups is 2. The number of benzene rings is 1. The molecule has 0 radical (unpaired) electrons. The highest BCUT2D eigenvalue weighted by molar-refractivity contribution is 6.07. The van der Waals surface area contributed by atoms with Gasteiger partial charge in [-0.3, -0.25) is 9.59 Å². The average Bonchev–Trinajstić information content (AvgIpc) is 3.43. The summed E-state index contributed by atoms with van der Waals surface area (Å²) in [6.45, 7) is 4.43. The van der Waals surface area contributed by atoms with E-state index in [1.54, 1.807) is 14.2 Å². The van der Waals surface area contributed by atoms with E-state index in [0.717, 1.165) is 12.0 Å². The van der Waals surface area contributed by atoms with Crippen molar-refractivity contribution in [2.75, 3.05) is 20.8 Å². The lowest BCUT2D eigenvalue weighted by molar-refractivity contribution is -0.137. The lowest BCUT2D eigenvalue weighted by atomic mass is 10.0. The molecule has 1 aliphatic rings. The van der Waals surface area contributed by atoms with Gasteiger partial charge in [-0.05, 0) is 50.3 Å². The third-order valence-electron chi connectivity index (χ3n) is 4.76. The van der Waals surface area contributed by atoms with Gasteiger partial charge in [0.25, 0.3) is 0 Å². The van der Waals surface area contributed by atoms with E-state index in [0.29, 0.717) is 37.3 Å². The zero-order valence-electron chi connectivity index (χ0n) is 15.5. The smallest absolute Gasteiger partial charge is 0.235 e. The Bertz CT molecular complexity index is 626. The highest BCUT2D eigenvalue weighted by Gasteiger charge is 2.56. The predicted octanol–water partition coefficient (Wildman–Crippen LogP) is 2.06. The van der Waals surface area contributed by atoms with E-state index in [-0.39, 0.29) is 17.9 Å². The van der Waals surface area contributed by atoms with Crippen LogP contribution < -0.4 is 20.1 Å². The minimum atomic E-state index is -0.860. The second-order valence-electron chi connectivity index (χ2n) is 6.56. The summed E-state index contributed by atoms with van der Waals surface area (Å²) in [6.07, 6.45) is 2.76. The van der Waals surface area contributed by atoms with Gasteiger partial charge in [0.1, 0.15) is 5.41 Å². The first kappa shape index (κ1) is 19.1. The number of ether oxygens (including phenoxy) is 2. The van der Waals surface area contributed by atoms with Gasteiger partial charge in [0.15, 0.2) is 11.5 Å². The zero-order valence-corrected chi connectivity index (χ0v) is 15.5. The van der Waals surface area contributed by atoms with Gasteiger partial charge < -0.3 is 20.1 Å². The molecule has 2 amide bonds. The van der Waals surface area contributed by atoms with Crippen molar-refractivity contribution < 1.29 is 19.1 Å². The quantitative estimate of drug-likeness (QED) is 0.670. The summed E-state index contributed by atoms with van der Waals surface area (Å²) in [7, 11) is 3.19. The molecule has 0 saturated heterocycles. The van der Waals surface area contributed by atoms with Crippen LogP contribution in [0, 0.1) is 5.41 Å². The summed E-state index contributed by atoms with van der Waals surface area (Å²) in [6, 6.07) is 5.77. The summed E-state index contributed by atoms with van der Waals surface area (Å²) in [5.41, 5.74) is 0.174. The van der Waals surface area contributed by atoms with Crippen LogP contribution in [0.25, 0.3) is 0 Å². The summed E-state index contributed by atoms with van der Waals surface area (Å²) in [5, 5.41) is 5.82. The highest BCUT2D eigenvalue weighted by atomic mass is 16.5.